The molecule has 0 radical (unpaired) electrons. The first-order valence-corrected chi connectivity index (χ1v) is 10.3. The van der Waals surface area contributed by atoms with Gasteiger partial charge in [0.05, 0.1) is 11.6 Å². The highest BCUT2D eigenvalue weighted by Gasteiger charge is 2.32. The Kier molecular flexibility index (Phi) is 6.95. The van der Waals surface area contributed by atoms with E-state index in [9.17, 15) is 13.2 Å². The van der Waals surface area contributed by atoms with Crippen LogP contribution >= 0.6 is 0 Å². The number of alkyl halides is 3. The van der Waals surface area contributed by atoms with Crippen LogP contribution in [0.15, 0.2) is 42.6 Å². The lowest BCUT2D eigenvalue weighted by Crippen LogP contribution is -2.28. The minimum absolute atomic E-state index is 0.319. The number of benzene rings is 2. The highest BCUT2D eigenvalue weighted by Crippen LogP contribution is 2.45. The molecule has 3 aromatic rings. The lowest BCUT2D eigenvalue weighted by molar-refractivity contribution is 0.00819. The number of fused-ring (bicyclic) bond motifs is 2. The Bertz CT molecular complexity index is 1000. The maximum atomic E-state index is 9.67. The predicted molar refractivity (Wildman–Crippen MR) is 116 cm³/mol. The molecule has 1 N–H and O–H groups in total. The van der Waals surface area contributed by atoms with Crippen molar-refractivity contribution < 1.29 is 13.2 Å². The fraction of sp³-hybridized carbons (Fsp3) is 0.417. The summed E-state index contributed by atoms with van der Waals surface area (Å²) in [5.74, 6) is 2.06. The molecule has 0 aliphatic heterocycles. The third kappa shape index (κ3) is 4.74. The number of halogens is 3. The number of hydrogen-bond acceptors (Lipinski definition) is 3. The third-order valence-electron chi connectivity index (χ3n) is 5.88. The molecule has 30 heavy (non-hydrogen) atoms. The first-order valence-electron chi connectivity index (χ1n) is 10.3. The summed E-state index contributed by atoms with van der Waals surface area (Å²) in [4.78, 5) is 8.99. The highest BCUT2D eigenvalue weighted by molar-refractivity contribution is 5.90. The molecule has 160 valence electrons. The first-order chi connectivity index (χ1) is 14.3. The lowest BCUT2D eigenvalue weighted by Gasteiger charge is -2.38. The Labute approximate surface area is 175 Å². The Morgan fingerprint density at radius 2 is 1.80 bits per heavy atom. The van der Waals surface area contributed by atoms with Gasteiger partial charge in [0.15, 0.2) is 0 Å². The Morgan fingerprint density at radius 3 is 2.50 bits per heavy atom. The molecule has 0 spiro atoms. The molecule has 3 atom stereocenters. The average molecular weight is 416 g/mol. The summed E-state index contributed by atoms with van der Waals surface area (Å²) in [7, 11) is 0. The molecule has 6 heteroatoms. The standard InChI is InChI=1S/C23H27N3.CHF3/c1-5-17-12-15(3)23(18-9-6-8-14(2)22(17)18)26-21-11-7-10-20-19(21)13-24-16(4)25-20;2-1(3)4/h6-11,13,15,17,23,26H,5,12H2,1-4H3;1H/t15?,17-,23?;/m1./s1. The van der Waals surface area contributed by atoms with Crippen LogP contribution in [0.4, 0.5) is 18.9 Å². The van der Waals surface area contributed by atoms with Gasteiger partial charge in [0.25, 0.3) is 0 Å². The molecule has 1 aliphatic carbocycles. The van der Waals surface area contributed by atoms with Crippen molar-refractivity contribution >= 4 is 16.6 Å². The van der Waals surface area contributed by atoms with Gasteiger partial charge in [-0.2, -0.15) is 13.2 Å². The number of anilines is 1. The molecule has 1 heterocycles. The second kappa shape index (κ2) is 9.45. The zero-order valence-electron chi connectivity index (χ0n) is 17.8. The first kappa shape index (κ1) is 22.1. The van der Waals surface area contributed by atoms with E-state index in [4.69, 9.17) is 0 Å². The molecule has 2 unspecified atom stereocenters. The van der Waals surface area contributed by atoms with Crippen LogP contribution in [0.2, 0.25) is 0 Å². The molecule has 0 amide bonds. The van der Waals surface area contributed by atoms with E-state index in [1.54, 1.807) is 5.56 Å². The number of nitrogens with one attached hydrogen (secondary N) is 1. The molecule has 0 saturated carbocycles. The van der Waals surface area contributed by atoms with Gasteiger partial charge in [-0.15, -0.1) is 0 Å². The topological polar surface area (TPSA) is 37.8 Å². The SMILES string of the molecule is CC[C@@H]1CC(C)C(Nc2cccc3nc(C)ncc23)c2cccc(C)c21.FC(F)F. The van der Waals surface area contributed by atoms with Crippen LogP contribution in [0.5, 0.6) is 0 Å². The molecular formula is C24H28F3N3. The third-order valence-corrected chi connectivity index (χ3v) is 5.88. The molecule has 4 rings (SSSR count). The van der Waals surface area contributed by atoms with Crippen molar-refractivity contribution in [2.75, 3.05) is 5.32 Å². The van der Waals surface area contributed by atoms with E-state index in [0.29, 0.717) is 17.9 Å². The van der Waals surface area contributed by atoms with Crippen LogP contribution in [0.3, 0.4) is 0 Å². The second-order valence-corrected chi connectivity index (χ2v) is 7.92. The quantitative estimate of drug-likeness (QED) is 0.495. The van der Waals surface area contributed by atoms with E-state index in [2.05, 4.69) is 72.5 Å². The summed E-state index contributed by atoms with van der Waals surface area (Å²) in [5, 5.41) is 4.94. The number of aromatic nitrogens is 2. The van der Waals surface area contributed by atoms with E-state index in [1.807, 2.05) is 13.1 Å². The smallest absolute Gasteiger partial charge is 0.377 e. The number of nitrogens with zero attached hydrogens (tertiary/aromatic N) is 2. The molecular weight excluding hydrogens is 387 g/mol. The van der Waals surface area contributed by atoms with Crippen LogP contribution in [-0.2, 0) is 0 Å². The van der Waals surface area contributed by atoms with Gasteiger partial charge >= 0.3 is 6.68 Å². The molecule has 0 bridgehead atoms. The fourth-order valence-corrected chi connectivity index (χ4v) is 4.57. The monoisotopic (exact) mass is 415 g/mol. The number of aryl methyl sites for hydroxylation is 2. The van der Waals surface area contributed by atoms with Crippen LogP contribution in [0.1, 0.15) is 61.2 Å². The summed E-state index contributed by atoms with van der Waals surface area (Å²) in [6.07, 6.45) is 4.38. The minimum Gasteiger partial charge on any atom is -0.377 e. The summed E-state index contributed by atoms with van der Waals surface area (Å²) < 4.78 is 29.0. The zero-order chi connectivity index (χ0) is 21.8. The predicted octanol–water partition coefficient (Wildman–Crippen LogP) is 7.11. The van der Waals surface area contributed by atoms with Gasteiger partial charge in [0.1, 0.15) is 5.82 Å². The van der Waals surface area contributed by atoms with E-state index < -0.39 is 6.68 Å². The van der Waals surface area contributed by atoms with E-state index in [-0.39, 0.29) is 0 Å². The molecule has 0 fully saturated rings. The Hall–Kier alpha value is -2.63. The van der Waals surface area contributed by atoms with Crippen molar-refractivity contribution in [2.24, 2.45) is 5.92 Å². The average Bonchev–Trinajstić information content (AvgIpc) is 2.69. The zero-order valence-corrected chi connectivity index (χ0v) is 17.8. The van der Waals surface area contributed by atoms with Crippen LogP contribution < -0.4 is 5.32 Å². The summed E-state index contributed by atoms with van der Waals surface area (Å²) in [6, 6.07) is 13.4. The molecule has 1 aliphatic rings. The van der Waals surface area contributed by atoms with Gasteiger partial charge in [-0.25, -0.2) is 9.97 Å². The highest BCUT2D eigenvalue weighted by atomic mass is 19.4. The fourth-order valence-electron chi connectivity index (χ4n) is 4.57. The van der Waals surface area contributed by atoms with Crippen molar-refractivity contribution in [1.29, 1.82) is 0 Å². The molecule has 3 nitrogen and oxygen atoms in total. The maximum Gasteiger partial charge on any atom is 0.379 e. The van der Waals surface area contributed by atoms with Crippen molar-refractivity contribution in [2.45, 2.75) is 59.2 Å². The van der Waals surface area contributed by atoms with E-state index >= 15 is 0 Å². The van der Waals surface area contributed by atoms with Crippen molar-refractivity contribution in [3.8, 4) is 0 Å². The summed E-state index contributed by atoms with van der Waals surface area (Å²) in [6.45, 7) is 5.21. The van der Waals surface area contributed by atoms with Gasteiger partial charge < -0.3 is 5.32 Å². The van der Waals surface area contributed by atoms with Gasteiger partial charge in [-0.3, -0.25) is 0 Å². The van der Waals surface area contributed by atoms with Gasteiger partial charge in [0.2, 0.25) is 0 Å². The number of rotatable bonds is 3. The molecule has 1 aromatic heterocycles. The van der Waals surface area contributed by atoms with Crippen molar-refractivity contribution in [3.05, 3.63) is 65.1 Å². The second-order valence-electron chi connectivity index (χ2n) is 7.92. The summed E-state index contributed by atoms with van der Waals surface area (Å²) >= 11 is 0. The van der Waals surface area contributed by atoms with Gasteiger partial charge in [-0.1, -0.05) is 38.1 Å². The normalized spacial score (nSPS) is 20.5. The van der Waals surface area contributed by atoms with Crippen molar-refractivity contribution in [1.82, 2.24) is 9.97 Å². The minimum atomic E-state index is -3.67. The van der Waals surface area contributed by atoms with Gasteiger partial charge in [0, 0.05) is 17.3 Å². The molecule has 2 aromatic carbocycles. The largest absolute Gasteiger partial charge is 0.379 e. The van der Waals surface area contributed by atoms with E-state index in [1.165, 1.54) is 24.0 Å². The Balaban J connectivity index is 0.000000589. The van der Waals surface area contributed by atoms with E-state index in [0.717, 1.165) is 22.4 Å². The van der Waals surface area contributed by atoms with Gasteiger partial charge in [-0.05, 0) is 67.3 Å². The number of hydrogen-bond donors (Lipinski definition) is 1. The summed E-state index contributed by atoms with van der Waals surface area (Å²) in [5.41, 5.74) is 6.56. The Morgan fingerprint density at radius 1 is 1.10 bits per heavy atom. The lowest BCUT2D eigenvalue weighted by atomic mass is 9.72. The van der Waals surface area contributed by atoms with Crippen LogP contribution in [0.25, 0.3) is 10.9 Å². The van der Waals surface area contributed by atoms with Crippen LogP contribution in [-0.4, -0.2) is 16.6 Å². The maximum absolute atomic E-state index is 9.67. The molecule has 0 saturated heterocycles. The van der Waals surface area contributed by atoms with Crippen LogP contribution in [0, 0.1) is 19.8 Å². The van der Waals surface area contributed by atoms with Crippen molar-refractivity contribution in [3.63, 3.8) is 0 Å².